The summed E-state index contributed by atoms with van der Waals surface area (Å²) in [4.78, 5) is 6.21. The van der Waals surface area contributed by atoms with E-state index in [1.807, 2.05) is 23.6 Å². The number of benzene rings is 2. The Kier molecular flexibility index (Phi) is 6.30. The van der Waals surface area contributed by atoms with Gasteiger partial charge < -0.3 is 14.4 Å². The van der Waals surface area contributed by atoms with Crippen LogP contribution in [0.25, 0.3) is 5.69 Å². The molecule has 0 spiro atoms. The summed E-state index contributed by atoms with van der Waals surface area (Å²) in [7, 11) is 1.53. The van der Waals surface area contributed by atoms with Crippen LogP contribution in [0.3, 0.4) is 0 Å². The van der Waals surface area contributed by atoms with Gasteiger partial charge in [-0.25, -0.2) is 9.67 Å². The fourth-order valence-corrected chi connectivity index (χ4v) is 4.00. The summed E-state index contributed by atoms with van der Waals surface area (Å²) in [5, 5.41) is 12.9. The Labute approximate surface area is 200 Å². The molecule has 182 valence electrons. The van der Waals surface area contributed by atoms with Gasteiger partial charge in [0.05, 0.1) is 19.3 Å². The summed E-state index contributed by atoms with van der Waals surface area (Å²) >= 11 is 0. The van der Waals surface area contributed by atoms with Gasteiger partial charge in [0, 0.05) is 18.2 Å². The van der Waals surface area contributed by atoms with Gasteiger partial charge in [-0.05, 0) is 55.7 Å². The molecule has 9 nitrogen and oxygen atoms in total. The van der Waals surface area contributed by atoms with Gasteiger partial charge in [-0.1, -0.05) is 12.1 Å². The monoisotopic (exact) mass is 481 g/mol. The first-order valence-electron chi connectivity index (χ1n) is 11.2. The van der Waals surface area contributed by atoms with E-state index in [4.69, 9.17) is 9.47 Å². The lowest BCUT2D eigenvalue weighted by molar-refractivity contribution is -0.0505. The second-order valence-corrected chi connectivity index (χ2v) is 8.35. The molecule has 5 rings (SSSR count). The number of nitrogens with zero attached hydrogens (tertiary/aromatic N) is 7. The number of rotatable bonds is 10. The third kappa shape index (κ3) is 5.08. The fraction of sp³-hybridized carbons (Fsp3) is 0.333. The fourth-order valence-electron chi connectivity index (χ4n) is 4.00. The van der Waals surface area contributed by atoms with E-state index in [-0.39, 0.29) is 12.3 Å². The van der Waals surface area contributed by atoms with E-state index < -0.39 is 6.61 Å². The lowest BCUT2D eigenvalue weighted by Gasteiger charge is -2.25. The Morgan fingerprint density at radius 2 is 1.91 bits per heavy atom. The van der Waals surface area contributed by atoms with Gasteiger partial charge in [-0.15, -0.1) is 10.2 Å². The number of hydrogen-bond acceptors (Lipinski definition) is 7. The standard InChI is InChI=1S/C24H25F2N7O2/c1-16-29-30-24(31(16)13-18-11-21(34-2)9-10-22(18)35-23(25)26)32(19-7-8-19)12-17-3-5-20(6-4-17)33-15-27-14-28-33/h3-6,9-11,14-15,19,23H,7-8,12-13H2,1-2H3. The quantitative estimate of drug-likeness (QED) is 0.339. The molecule has 2 aromatic carbocycles. The molecule has 0 atom stereocenters. The predicted octanol–water partition coefficient (Wildman–Crippen LogP) is 3.99. The molecular weight excluding hydrogens is 456 g/mol. The van der Waals surface area contributed by atoms with Crippen molar-refractivity contribution >= 4 is 5.95 Å². The highest BCUT2D eigenvalue weighted by Gasteiger charge is 2.33. The zero-order valence-corrected chi connectivity index (χ0v) is 19.4. The van der Waals surface area contributed by atoms with Crippen LogP contribution in [0.2, 0.25) is 0 Å². The minimum Gasteiger partial charge on any atom is -0.497 e. The lowest BCUT2D eigenvalue weighted by atomic mass is 10.1. The molecule has 2 heterocycles. The summed E-state index contributed by atoms with van der Waals surface area (Å²) in [6.45, 7) is -0.171. The van der Waals surface area contributed by atoms with Crippen molar-refractivity contribution < 1.29 is 18.3 Å². The lowest BCUT2D eigenvalue weighted by Crippen LogP contribution is -2.28. The molecule has 0 aliphatic heterocycles. The highest BCUT2D eigenvalue weighted by Crippen LogP contribution is 2.34. The van der Waals surface area contributed by atoms with Crippen molar-refractivity contribution in [3.63, 3.8) is 0 Å². The van der Waals surface area contributed by atoms with E-state index >= 15 is 0 Å². The maximum Gasteiger partial charge on any atom is 0.387 e. The van der Waals surface area contributed by atoms with E-state index in [1.165, 1.54) is 19.5 Å². The Morgan fingerprint density at radius 3 is 2.57 bits per heavy atom. The first-order chi connectivity index (χ1) is 17.0. The molecule has 4 aromatic rings. The van der Waals surface area contributed by atoms with Crippen LogP contribution < -0.4 is 14.4 Å². The highest BCUT2D eigenvalue weighted by molar-refractivity contribution is 5.44. The summed E-state index contributed by atoms with van der Waals surface area (Å²) in [5.41, 5.74) is 2.59. The third-order valence-electron chi connectivity index (χ3n) is 5.95. The first kappa shape index (κ1) is 22.8. The van der Waals surface area contributed by atoms with Crippen molar-refractivity contribution in [3.05, 3.63) is 72.1 Å². The summed E-state index contributed by atoms with van der Waals surface area (Å²) in [6, 6.07) is 13.2. The molecule has 0 N–H and O–H groups in total. The van der Waals surface area contributed by atoms with E-state index in [0.29, 0.717) is 35.7 Å². The average molecular weight is 482 g/mol. The van der Waals surface area contributed by atoms with Crippen molar-refractivity contribution in [1.82, 2.24) is 29.5 Å². The molecule has 11 heteroatoms. The number of methoxy groups -OCH3 is 1. The van der Waals surface area contributed by atoms with Crippen molar-refractivity contribution in [2.75, 3.05) is 12.0 Å². The van der Waals surface area contributed by atoms with Crippen molar-refractivity contribution in [2.24, 2.45) is 0 Å². The summed E-state index contributed by atoms with van der Waals surface area (Å²) in [6.07, 6.45) is 5.27. The largest absolute Gasteiger partial charge is 0.497 e. The van der Waals surface area contributed by atoms with Crippen molar-refractivity contribution in [3.8, 4) is 17.2 Å². The minimum atomic E-state index is -2.92. The minimum absolute atomic E-state index is 0.0986. The molecule has 0 amide bonds. The molecule has 0 saturated heterocycles. The molecule has 1 aliphatic carbocycles. The van der Waals surface area contributed by atoms with Gasteiger partial charge in [0.1, 0.15) is 30.0 Å². The smallest absolute Gasteiger partial charge is 0.387 e. The van der Waals surface area contributed by atoms with Crippen LogP contribution in [0.15, 0.2) is 55.1 Å². The molecular formula is C24H25F2N7O2. The Balaban J connectivity index is 1.42. The van der Waals surface area contributed by atoms with Crippen molar-refractivity contribution in [2.45, 2.75) is 45.5 Å². The maximum absolute atomic E-state index is 13.0. The predicted molar refractivity (Wildman–Crippen MR) is 124 cm³/mol. The van der Waals surface area contributed by atoms with E-state index in [1.54, 1.807) is 23.1 Å². The van der Waals surface area contributed by atoms with Crippen LogP contribution in [0.5, 0.6) is 11.5 Å². The number of halogens is 2. The van der Waals surface area contributed by atoms with Crippen LogP contribution in [-0.4, -0.2) is 49.3 Å². The van der Waals surface area contributed by atoms with Gasteiger partial charge >= 0.3 is 6.61 Å². The second-order valence-electron chi connectivity index (χ2n) is 8.35. The van der Waals surface area contributed by atoms with Gasteiger partial charge in [0.2, 0.25) is 5.95 Å². The first-order valence-corrected chi connectivity index (χ1v) is 11.2. The molecule has 35 heavy (non-hydrogen) atoms. The highest BCUT2D eigenvalue weighted by atomic mass is 19.3. The number of alkyl halides is 2. The van der Waals surface area contributed by atoms with Crippen LogP contribution in [-0.2, 0) is 13.1 Å². The SMILES string of the molecule is COc1ccc(OC(F)F)c(Cn2c(C)nnc2N(Cc2ccc(-n3cncn3)cc2)C2CC2)c1. The van der Waals surface area contributed by atoms with Crippen LogP contribution in [0, 0.1) is 6.92 Å². The number of anilines is 1. The Hall–Kier alpha value is -4.02. The normalized spacial score (nSPS) is 13.3. The topological polar surface area (TPSA) is 83.1 Å². The number of hydrogen-bond donors (Lipinski definition) is 0. The zero-order valence-electron chi connectivity index (χ0n) is 19.4. The summed E-state index contributed by atoms with van der Waals surface area (Å²) < 4.78 is 39.7. The third-order valence-corrected chi connectivity index (χ3v) is 5.95. The summed E-state index contributed by atoms with van der Waals surface area (Å²) in [5.74, 6) is 2.02. The average Bonchev–Trinajstić information content (AvgIpc) is 3.43. The van der Waals surface area contributed by atoms with E-state index in [0.717, 1.165) is 24.1 Å². The second kappa shape index (κ2) is 9.69. The van der Waals surface area contributed by atoms with Gasteiger partial charge in [0.25, 0.3) is 0 Å². The number of aromatic nitrogens is 6. The zero-order chi connectivity index (χ0) is 24.4. The molecule has 0 bridgehead atoms. The molecule has 1 saturated carbocycles. The van der Waals surface area contributed by atoms with E-state index in [2.05, 4.69) is 37.3 Å². The number of aryl methyl sites for hydroxylation is 1. The van der Waals surface area contributed by atoms with Gasteiger partial charge in [-0.3, -0.25) is 4.57 Å². The van der Waals surface area contributed by atoms with E-state index in [9.17, 15) is 8.78 Å². The van der Waals surface area contributed by atoms with Gasteiger partial charge in [-0.2, -0.15) is 13.9 Å². The molecule has 1 fully saturated rings. The molecule has 1 aliphatic rings. The van der Waals surface area contributed by atoms with Crippen LogP contribution in [0.1, 0.15) is 29.8 Å². The van der Waals surface area contributed by atoms with Crippen LogP contribution in [0.4, 0.5) is 14.7 Å². The van der Waals surface area contributed by atoms with Crippen LogP contribution >= 0.6 is 0 Å². The van der Waals surface area contributed by atoms with Gasteiger partial charge in [0.15, 0.2) is 0 Å². The molecule has 0 radical (unpaired) electrons. The molecule has 2 aromatic heterocycles. The number of ether oxygens (including phenoxy) is 2. The Bertz CT molecular complexity index is 1270. The van der Waals surface area contributed by atoms with Crippen molar-refractivity contribution in [1.29, 1.82) is 0 Å². The maximum atomic E-state index is 13.0. The Morgan fingerprint density at radius 1 is 1.11 bits per heavy atom. The molecule has 0 unspecified atom stereocenters.